The molecule has 30 heavy (non-hydrogen) atoms. The Labute approximate surface area is 178 Å². The average Bonchev–Trinajstić information content (AvgIpc) is 2.76. The number of carbonyl (C=O) groups is 2. The SMILES string of the molecule is CCOc1ccccc1CN(C)CC(=O)N1CCC(C(=O)Nc2ccccc2)CC1. The fourth-order valence-corrected chi connectivity index (χ4v) is 3.77. The molecule has 1 N–H and O–H groups in total. The zero-order valence-corrected chi connectivity index (χ0v) is 17.8. The first-order valence-electron chi connectivity index (χ1n) is 10.6. The smallest absolute Gasteiger partial charge is 0.236 e. The Morgan fingerprint density at radius 2 is 1.73 bits per heavy atom. The van der Waals surface area contributed by atoms with Crippen molar-refractivity contribution in [2.75, 3.05) is 38.6 Å². The molecule has 2 aromatic rings. The van der Waals surface area contributed by atoms with Gasteiger partial charge in [-0.1, -0.05) is 36.4 Å². The molecule has 0 unspecified atom stereocenters. The van der Waals surface area contributed by atoms with Crippen molar-refractivity contribution in [1.82, 2.24) is 9.80 Å². The summed E-state index contributed by atoms with van der Waals surface area (Å²) in [5, 5.41) is 2.97. The molecule has 0 bridgehead atoms. The van der Waals surface area contributed by atoms with Crippen molar-refractivity contribution in [3.8, 4) is 5.75 Å². The normalized spacial score (nSPS) is 14.6. The predicted octanol–water partition coefficient (Wildman–Crippen LogP) is 3.39. The largest absolute Gasteiger partial charge is 0.494 e. The van der Waals surface area contributed by atoms with E-state index < -0.39 is 0 Å². The van der Waals surface area contributed by atoms with Crippen LogP contribution in [0.4, 0.5) is 5.69 Å². The first kappa shape index (κ1) is 21.8. The van der Waals surface area contributed by atoms with Gasteiger partial charge in [0, 0.05) is 36.8 Å². The molecule has 1 fully saturated rings. The van der Waals surface area contributed by atoms with Crippen LogP contribution in [-0.2, 0) is 16.1 Å². The molecule has 6 nitrogen and oxygen atoms in total. The van der Waals surface area contributed by atoms with E-state index in [4.69, 9.17) is 4.74 Å². The number of piperidine rings is 1. The number of nitrogens with zero attached hydrogens (tertiary/aromatic N) is 2. The topological polar surface area (TPSA) is 61.9 Å². The number of likely N-dealkylation sites (N-methyl/N-ethyl adjacent to an activating group) is 1. The molecule has 0 aliphatic carbocycles. The van der Waals surface area contributed by atoms with Gasteiger partial charge in [-0.2, -0.15) is 0 Å². The molecule has 1 saturated heterocycles. The van der Waals surface area contributed by atoms with Gasteiger partial charge in [0.1, 0.15) is 5.75 Å². The van der Waals surface area contributed by atoms with Crippen molar-refractivity contribution in [2.45, 2.75) is 26.3 Å². The zero-order valence-electron chi connectivity index (χ0n) is 17.8. The number of amides is 2. The molecule has 0 atom stereocenters. The van der Waals surface area contributed by atoms with Gasteiger partial charge in [0.15, 0.2) is 0 Å². The van der Waals surface area contributed by atoms with Gasteiger partial charge < -0.3 is 15.0 Å². The number of anilines is 1. The summed E-state index contributed by atoms with van der Waals surface area (Å²) in [5.74, 6) is 0.959. The quantitative estimate of drug-likeness (QED) is 0.726. The van der Waals surface area contributed by atoms with E-state index in [1.54, 1.807) is 0 Å². The van der Waals surface area contributed by atoms with Crippen LogP contribution >= 0.6 is 0 Å². The summed E-state index contributed by atoms with van der Waals surface area (Å²) in [6.07, 6.45) is 1.39. The number of carbonyl (C=O) groups excluding carboxylic acids is 2. The molecule has 0 spiro atoms. The lowest BCUT2D eigenvalue weighted by atomic mass is 9.95. The van der Waals surface area contributed by atoms with Crippen molar-refractivity contribution in [2.24, 2.45) is 5.92 Å². The molecular formula is C24H31N3O3. The van der Waals surface area contributed by atoms with E-state index in [-0.39, 0.29) is 17.7 Å². The minimum atomic E-state index is -0.0509. The third-order valence-electron chi connectivity index (χ3n) is 5.38. The minimum Gasteiger partial charge on any atom is -0.494 e. The van der Waals surface area contributed by atoms with Gasteiger partial charge in [-0.3, -0.25) is 14.5 Å². The van der Waals surface area contributed by atoms with E-state index in [0.29, 0.717) is 45.6 Å². The molecule has 2 amide bonds. The number of nitrogens with one attached hydrogen (secondary N) is 1. The summed E-state index contributed by atoms with van der Waals surface area (Å²) in [5.41, 5.74) is 1.89. The maximum Gasteiger partial charge on any atom is 0.236 e. The molecule has 3 rings (SSSR count). The summed E-state index contributed by atoms with van der Waals surface area (Å²) in [4.78, 5) is 29.1. The summed E-state index contributed by atoms with van der Waals surface area (Å²) in [6, 6.07) is 17.4. The van der Waals surface area contributed by atoms with Crippen LogP contribution in [0.15, 0.2) is 54.6 Å². The lowest BCUT2D eigenvalue weighted by molar-refractivity contribution is -0.135. The number of hydrogen-bond donors (Lipinski definition) is 1. The van der Waals surface area contributed by atoms with Crippen LogP contribution < -0.4 is 10.1 Å². The standard InChI is InChI=1S/C24H31N3O3/c1-3-30-22-12-8-7-9-20(22)17-26(2)18-23(28)27-15-13-19(14-16-27)24(29)25-21-10-5-4-6-11-21/h4-12,19H,3,13-18H2,1-2H3,(H,25,29). The Bertz CT molecular complexity index is 833. The molecule has 6 heteroatoms. The fraction of sp³-hybridized carbons (Fsp3) is 0.417. The molecule has 1 heterocycles. The Morgan fingerprint density at radius 3 is 2.43 bits per heavy atom. The highest BCUT2D eigenvalue weighted by Gasteiger charge is 2.27. The lowest BCUT2D eigenvalue weighted by Crippen LogP contribution is -2.45. The van der Waals surface area contributed by atoms with E-state index in [2.05, 4.69) is 5.32 Å². The van der Waals surface area contributed by atoms with Crippen LogP contribution in [0.1, 0.15) is 25.3 Å². The molecule has 0 aromatic heterocycles. The van der Waals surface area contributed by atoms with Gasteiger partial charge in [-0.15, -0.1) is 0 Å². The summed E-state index contributed by atoms with van der Waals surface area (Å²) in [7, 11) is 1.95. The lowest BCUT2D eigenvalue weighted by Gasteiger charge is -2.32. The third-order valence-corrected chi connectivity index (χ3v) is 5.38. The first-order valence-corrected chi connectivity index (χ1v) is 10.6. The maximum atomic E-state index is 12.7. The van der Waals surface area contributed by atoms with Gasteiger partial charge in [0.2, 0.25) is 11.8 Å². The van der Waals surface area contributed by atoms with Gasteiger partial charge in [-0.05, 0) is 45.0 Å². The van der Waals surface area contributed by atoms with Crippen LogP contribution in [0.2, 0.25) is 0 Å². The first-order chi connectivity index (χ1) is 14.6. The predicted molar refractivity (Wildman–Crippen MR) is 118 cm³/mol. The second kappa shape index (κ2) is 10.8. The molecule has 0 radical (unpaired) electrons. The molecule has 1 aliphatic rings. The number of hydrogen-bond acceptors (Lipinski definition) is 4. The van der Waals surface area contributed by atoms with E-state index in [1.165, 1.54) is 0 Å². The van der Waals surface area contributed by atoms with Crippen molar-refractivity contribution >= 4 is 17.5 Å². The monoisotopic (exact) mass is 409 g/mol. The molecule has 2 aromatic carbocycles. The van der Waals surface area contributed by atoms with Crippen LogP contribution in [0.25, 0.3) is 0 Å². The van der Waals surface area contributed by atoms with Crippen LogP contribution in [0.5, 0.6) is 5.75 Å². The van der Waals surface area contributed by atoms with Gasteiger partial charge in [-0.25, -0.2) is 0 Å². The van der Waals surface area contributed by atoms with Gasteiger partial charge in [0.25, 0.3) is 0 Å². The summed E-state index contributed by atoms with van der Waals surface area (Å²) < 4.78 is 5.68. The van der Waals surface area contributed by atoms with Gasteiger partial charge >= 0.3 is 0 Å². The molecule has 1 aliphatic heterocycles. The molecule has 0 saturated carbocycles. The summed E-state index contributed by atoms with van der Waals surface area (Å²) in [6.45, 7) is 4.82. The number of ether oxygens (including phenoxy) is 1. The minimum absolute atomic E-state index is 0.0398. The Kier molecular flexibility index (Phi) is 7.85. The number of para-hydroxylation sites is 2. The van der Waals surface area contributed by atoms with Crippen LogP contribution in [0.3, 0.4) is 0 Å². The molecular weight excluding hydrogens is 378 g/mol. The maximum absolute atomic E-state index is 12.7. The third kappa shape index (κ3) is 6.07. The number of rotatable bonds is 8. The highest BCUT2D eigenvalue weighted by molar-refractivity contribution is 5.92. The number of likely N-dealkylation sites (tertiary alicyclic amines) is 1. The highest BCUT2D eigenvalue weighted by atomic mass is 16.5. The van der Waals surface area contributed by atoms with Crippen LogP contribution in [0, 0.1) is 5.92 Å². The van der Waals surface area contributed by atoms with Crippen molar-refractivity contribution in [3.05, 3.63) is 60.2 Å². The van der Waals surface area contributed by atoms with E-state index in [9.17, 15) is 9.59 Å². The van der Waals surface area contributed by atoms with Crippen molar-refractivity contribution in [3.63, 3.8) is 0 Å². The Balaban J connectivity index is 1.45. The van der Waals surface area contributed by atoms with E-state index in [1.807, 2.05) is 78.4 Å². The van der Waals surface area contributed by atoms with Crippen molar-refractivity contribution in [1.29, 1.82) is 0 Å². The number of benzene rings is 2. The molecule has 160 valence electrons. The second-order valence-electron chi connectivity index (χ2n) is 7.72. The van der Waals surface area contributed by atoms with Crippen molar-refractivity contribution < 1.29 is 14.3 Å². The highest BCUT2D eigenvalue weighted by Crippen LogP contribution is 2.21. The Morgan fingerprint density at radius 1 is 1.07 bits per heavy atom. The zero-order chi connectivity index (χ0) is 21.3. The average molecular weight is 410 g/mol. The second-order valence-corrected chi connectivity index (χ2v) is 7.72. The summed E-state index contributed by atoms with van der Waals surface area (Å²) >= 11 is 0. The van der Waals surface area contributed by atoms with Crippen LogP contribution in [-0.4, -0.2) is 54.9 Å². The van der Waals surface area contributed by atoms with E-state index >= 15 is 0 Å². The van der Waals surface area contributed by atoms with E-state index in [0.717, 1.165) is 17.0 Å². The fourth-order valence-electron chi connectivity index (χ4n) is 3.77. The van der Waals surface area contributed by atoms with Gasteiger partial charge in [0.05, 0.1) is 13.2 Å². The Hall–Kier alpha value is -2.86.